The minimum absolute atomic E-state index is 1.09. The van der Waals surface area contributed by atoms with Crippen LogP contribution in [0.15, 0.2) is 0 Å². The molecule has 0 bridgehead atoms. The fourth-order valence-electron chi connectivity index (χ4n) is 0.899. The van der Waals surface area contributed by atoms with Gasteiger partial charge in [-0.15, -0.1) is 0 Å². The fraction of sp³-hybridized carbons (Fsp3) is 0.833. The molecule has 9 heavy (non-hydrogen) atoms. The van der Waals surface area contributed by atoms with Gasteiger partial charge in [0, 0.05) is 18.8 Å². The molecule has 0 aliphatic carbocycles. The molecule has 1 saturated heterocycles. The summed E-state index contributed by atoms with van der Waals surface area (Å²) >= 11 is 6.90. The van der Waals surface area contributed by atoms with Crippen molar-refractivity contribution in [1.29, 1.82) is 0 Å². The number of rotatable bonds is 2. The van der Waals surface area contributed by atoms with Crippen LogP contribution in [0.25, 0.3) is 0 Å². The summed E-state index contributed by atoms with van der Waals surface area (Å²) in [5.74, 6) is 1.19. The van der Waals surface area contributed by atoms with E-state index in [4.69, 9.17) is 12.2 Å². The molecule has 0 amide bonds. The number of hydrogen-bond acceptors (Lipinski definition) is 2. The summed E-state index contributed by atoms with van der Waals surface area (Å²) < 4.78 is 1.09. The number of hydrogen-bond donors (Lipinski definition) is 0. The van der Waals surface area contributed by atoms with Crippen LogP contribution in [0.3, 0.4) is 0 Å². The molecule has 1 aliphatic heterocycles. The highest BCUT2D eigenvalue weighted by Gasteiger charge is 2.15. The van der Waals surface area contributed by atoms with Gasteiger partial charge >= 0.3 is 0 Å². The summed E-state index contributed by atoms with van der Waals surface area (Å²) in [5, 5.41) is 0. The third-order valence-corrected chi connectivity index (χ3v) is 2.84. The third-order valence-electron chi connectivity index (χ3n) is 1.34. The van der Waals surface area contributed by atoms with E-state index >= 15 is 0 Å². The number of nitrogens with zero attached hydrogens (tertiary/aromatic N) is 1. The summed E-state index contributed by atoms with van der Waals surface area (Å²) in [6.45, 7) is 4.49. The Morgan fingerprint density at radius 3 is 3.00 bits per heavy atom. The zero-order valence-corrected chi connectivity index (χ0v) is 7.23. The molecule has 0 unspecified atom stereocenters. The van der Waals surface area contributed by atoms with Crippen LogP contribution in [0.2, 0.25) is 0 Å². The summed E-state index contributed by atoms with van der Waals surface area (Å²) in [6, 6.07) is 0. The van der Waals surface area contributed by atoms with Crippen molar-refractivity contribution >= 4 is 28.3 Å². The second kappa shape index (κ2) is 3.42. The SMILES string of the molecule is CCCN1CCSC1=S. The lowest BCUT2D eigenvalue weighted by molar-refractivity contribution is 0.466. The van der Waals surface area contributed by atoms with Crippen LogP contribution in [0, 0.1) is 0 Å². The first kappa shape index (κ1) is 7.35. The average molecular weight is 161 g/mol. The van der Waals surface area contributed by atoms with Gasteiger partial charge in [0.05, 0.1) is 0 Å². The highest BCUT2D eigenvalue weighted by molar-refractivity contribution is 8.23. The lowest BCUT2D eigenvalue weighted by Crippen LogP contribution is -2.23. The van der Waals surface area contributed by atoms with Crippen molar-refractivity contribution in [1.82, 2.24) is 4.90 Å². The van der Waals surface area contributed by atoms with Crippen molar-refractivity contribution < 1.29 is 0 Å². The van der Waals surface area contributed by atoms with Gasteiger partial charge in [-0.2, -0.15) is 0 Å². The largest absolute Gasteiger partial charge is 0.357 e. The zero-order valence-electron chi connectivity index (χ0n) is 5.59. The van der Waals surface area contributed by atoms with Crippen molar-refractivity contribution in [3.8, 4) is 0 Å². The first-order chi connectivity index (χ1) is 4.34. The summed E-state index contributed by atoms with van der Waals surface area (Å²) in [4.78, 5) is 2.28. The van der Waals surface area contributed by atoms with E-state index in [1.165, 1.54) is 12.2 Å². The van der Waals surface area contributed by atoms with Gasteiger partial charge in [0.25, 0.3) is 0 Å². The van der Waals surface area contributed by atoms with E-state index < -0.39 is 0 Å². The first-order valence-electron chi connectivity index (χ1n) is 3.26. The minimum atomic E-state index is 1.09. The van der Waals surface area contributed by atoms with Gasteiger partial charge < -0.3 is 4.90 Å². The normalized spacial score (nSPS) is 19.2. The average Bonchev–Trinajstić information content (AvgIpc) is 2.18. The quantitative estimate of drug-likeness (QED) is 0.568. The Kier molecular flexibility index (Phi) is 2.79. The summed E-state index contributed by atoms with van der Waals surface area (Å²) in [5.41, 5.74) is 0. The summed E-state index contributed by atoms with van der Waals surface area (Å²) in [7, 11) is 0. The second-order valence-electron chi connectivity index (χ2n) is 2.10. The lowest BCUT2D eigenvalue weighted by atomic mass is 10.4. The molecule has 0 N–H and O–H groups in total. The highest BCUT2D eigenvalue weighted by atomic mass is 32.2. The van der Waals surface area contributed by atoms with E-state index in [1.54, 1.807) is 11.8 Å². The Hall–Kier alpha value is 0.240. The molecule has 1 rings (SSSR count). The summed E-state index contributed by atoms with van der Waals surface area (Å²) in [6.07, 6.45) is 1.21. The first-order valence-corrected chi connectivity index (χ1v) is 4.65. The predicted octanol–water partition coefficient (Wildman–Crippen LogP) is 1.73. The third kappa shape index (κ3) is 1.83. The van der Waals surface area contributed by atoms with E-state index in [0.29, 0.717) is 0 Å². The van der Waals surface area contributed by atoms with Crippen LogP contribution in [-0.2, 0) is 0 Å². The van der Waals surface area contributed by atoms with Crippen LogP contribution in [0.1, 0.15) is 13.3 Å². The lowest BCUT2D eigenvalue weighted by Gasteiger charge is -2.14. The van der Waals surface area contributed by atoms with Crippen LogP contribution < -0.4 is 0 Å². The van der Waals surface area contributed by atoms with Gasteiger partial charge in [0.2, 0.25) is 0 Å². The van der Waals surface area contributed by atoms with E-state index in [-0.39, 0.29) is 0 Å². The van der Waals surface area contributed by atoms with Crippen molar-refractivity contribution in [3.05, 3.63) is 0 Å². The zero-order chi connectivity index (χ0) is 6.69. The van der Waals surface area contributed by atoms with Gasteiger partial charge in [0.1, 0.15) is 4.32 Å². The minimum Gasteiger partial charge on any atom is -0.357 e. The molecule has 0 atom stereocenters. The highest BCUT2D eigenvalue weighted by Crippen LogP contribution is 2.17. The van der Waals surface area contributed by atoms with E-state index in [9.17, 15) is 0 Å². The Labute approximate surface area is 65.8 Å². The maximum absolute atomic E-state index is 5.09. The van der Waals surface area contributed by atoms with E-state index in [2.05, 4.69) is 11.8 Å². The number of thioether (sulfide) groups is 1. The molecular weight excluding hydrogens is 150 g/mol. The van der Waals surface area contributed by atoms with Gasteiger partial charge in [0.15, 0.2) is 0 Å². The molecule has 0 aromatic heterocycles. The molecule has 1 nitrogen and oxygen atoms in total. The fourth-order valence-corrected chi connectivity index (χ4v) is 2.18. The monoisotopic (exact) mass is 161 g/mol. The molecule has 0 aromatic rings. The van der Waals surface area contributed by atoms with Gasteiger partial charge in [-0.3, -0.25) is 0 Å². The Morgan fingerprint density at radius 2 is 2.56 bits per heavy atom. The second-order valence-corrected chi connectivity index (χ2v) is 3.83. The van der Waals surface area contributed by atoms with Crippen LogP contribution >= 0.6 is 24.0 Å². The standard InChI is InChI=1S/C6H11NS2/c1-2-3-7-4-5-9-6(7)8/h2-5H2,1H3. The smallest absolute Gasteiger partial charge is 0.136 e. The molecule has 0 saturated carbocycles. The van der Waals surface area contributed by atoms with E-state index in [0.717, 1.165) is 17.4 Å². The Morgan fingerprint density at radius 1 is 1.78 bits per heavy atom. The maximum atomic E-state index is 5.09. The van der Waals surface area contributed by atoms with Crippen molar-refractivity contribution in [2.45, 2.75) is 13.3 Å². The Bertz CT molecular complexity index is 114. The molecule has 0 spiro atoms. The van der Waals surface area contributed by atoms with Gasteiger partial charge in [-0.05, 0) is 6.42 Å². The van der Waals surface area contributed by atoms with Crippen molar-refractivity contribution in [2.24, 2.45) is 0 Å². The molecule has 1 heterocycles. The molecule has 52 valence electrons. The van der Waals surface area contributed by atoms with Crippen LogP contribution in [-0.4, -0.2) is 28.1 Å². The number of thiocarbonyl (C=S) groups is 1. The topological polar surface area (TPSA) is 3.24 Å². The van der Waals surface area contributed by atoms with Crippen LogP contribution in [0.5, 0.6) is 0 Å². The predicted molar refractivity (Wildman–Crippen MR) is 46.9 cm³/mol. The molecule has 1 fully saturated rings. The van der Waals surface area contributed by atoms with Crippen molar-refractivity contribution in [3.63, 3.8) is 0 Å². The molecular formula is C6H11NS2. The Balaban J connectivity index is 2.31. The maximum Gasteiger partial charge on any atom is 0.136 e. The molecule has 3 heteroatoms. The van der Waals surface area contributed by atoms with Crippen molar-refractivity contribution in [2.75, 3.05) is 18.8 Å². The molecule has 0 aromatic carbocycles. The van der Waals surface area contributed by atoms with Gasteiger partial charge in [-0.1, -0.05) is 30.9 Å². The molecule has 0 radical (unpaired) electrons. The molecule has 1 aliphatic rings. The van der Waals surface area contributed by atoms with E-state index in [1.807, 2.05) is 0 Å². The van der Waals surface area contributed by atoms with Gasteiger partial charge in [-0.25, -0.2) is 0 Å². The van der Waals surface area contributed by atoms with Crippen LogP contribution in [0.4, 0.5) is 0 Å².